The fourth-order valence-corrected chi connectivity index (χ4v) is 1.99. The second-order valence-electron chi connectivity index (χ2n) is 4.90. The summed E-state index contributed by atoms with van der Waals surface area (Å²) in [7, 11) is 0. The van der Waals surface area contributed by atoms with Gasteiger partial charge in [0.1, 0.15) is 5.82 Å². The lowest BCUT2D eigenvalue weighted by Gasteiger charge is -2.14. The van der Waals surface area contributed by atoms with Crippen LogP contribution in [0.1, 0.15) is 11.1 Å². The molecule has 122 valence electrons. The molecule has 2 aromatic carbocycles. The van der Waals surface area contributed by atoms with Crippen molar-refractivity contribution in [2.24, 2.45) is 0 Å². The molecule has 0 saturated heterocycles. The third kappa shape index (κ3) is 4.45. The molecule has 0 unspecified atom stereocenters. The van der Waals surface area contributed by atoms with Crippen LogP contribution < -0.4 is 10.6 Å². The van der Waals surface area contributed by atoms with E-state index in [2.05, 4.69) is 10.6 Å². The zero-order chi connectivity index (χ0) is 17.0. The largest absolute Gasteiger partial charge is 0.418 e. The number of para-hydroxylation sites is 1. The van der Waals surface area contributed by atoms with Crippen molar-refractivity contribution in [2.45, 2.75) is 13.1 Å². The molecule has 3 nitrogen and oxygen atoms in total. The molecule has 1 amide bonds. The second-order valence-corrected chi connectivity index (χ2v) is 4.90. The normalized spacial score (nSPS) is 11.2. The van der Waals surface area contributed by atoms with Gasteiger partial charge in [-0.15, -0.1) is 0 Å². The number of carbonyl (C=O) groups is 1. The van der Waals surface area contributed by atoms with Gasteiger partial charge in [-0.25, -0.2) is 4.39 Å². The predicted molar refractivity (Wildman–Crippen MR) is 79.7 cm³/mol. The van der Waals surface area contributed by atoms with Crippen LogP contribution in [0, 0.1) is 12.7 Å². The Balaban J connectivity index is 2.05. The number of hydrogen-bond acceptors (Lipinski definition) is 2. The standard InChI is InChI=1S/C16H14F4N2O/c1-10-6-7-11(17)8-14(10)21-9-15(23)22-13-5-3-2-4-12(13)16(18,19)20/h2-8,21H,9H2,1H3,(H,22,23). The molecule has 2 N–H and O–H groups in total. The van der Waals surface area contributed by atoms with Crippen molar-refractivity contribution in [3.63, 3.8) is 0 Å². The Kier molecular flexibility index (Phi) is 4.88. The summed E-state index contributed by atoms with van der Waals surface area (Å²) in [6.07, 6.45) is -4.56. The van der Waals surface area contributed by atoms with E-state index < -0.39 is 23.5 Å². The van der Waals surface area contributed by atoms with Crippen molar-refractivity contribution in [1.82, 2.24) is 0 Å². The zero-order valence-electron chi connectivity index (χ0n) is 12.2. The summed E-state index contributed by atoms with van der Waals surface area (Å²) in [4.78, 5) is 11.8. The van der Waals surface area contributed by atoms with Crippen molar-refractivity contribution in [1.29, 1.82) is 0 Å². The minimum absolute atomic E-state index is 0.281. The van der Waals surface area contributed by atoms with E-state index in [1.54, 1.807) is 6.92 Å². The quantitative estimate of drug-likeness (QED) is 0.827. The molecule has 7 heteroatoms. The lowest BCUT2D eigenvalue weighted by atomic mass is 10.1. The molecule has 2 rings (SSSR count). The first-order chi connectivity index (χ1) is 10.8. The Morgan fingerprint density at radius 3 is 2.48 bits per heavy atom. The summed E-state index contributed by atoms with van der Waals surface area (Å²) >= 11 is 0. The van der Waals surface area contributed by atoms with Gasteiger partial charge in [-0.3, -0.25) is 4.79 Å². The maximum atomic E-state index is 13.1. The predicted octanol–water partition coefficient (Wildman–Crippen LogP) is 4.20. The van der Waals surface area contributed by atoms with Crippen molar-refractivity contribution >= 4 is 17.3 Å². The van der Waals surface area contributed by atoms with E-state index in [9.17, 15) is 22.4 Å². The lowest BCUT2D eigenvalue weighted by Crippen LogP contribution is -2.23. The van der Waals surface area contributed by atoms with Crippen LogP contribution in [0.5, 0.6) is 0 Å². The van der Waals surface area contributed by atoms with E-state index in [0.717, 1.165) is 11.6 Å². The molecule has 0 fully saturated rings. The first-order valence-corrected chi connectivity index (χ1v) is 6.73. The minimum atomic E-state index is -4.56. The van der Waals surface area contributed by atoms with Gasteiger partial charge in [0.05, 0.1) is 17.8 Å². The molecular weight excluding hydrogens is 312 g/mol. The van der Waals surface area contributed by atoms with Crippen LogP contribution >= 0.6 is 0 Å². The molecule has 0 radical (unpaired) electrons. The average Bonchev–Trinajstić information content (AvgIpc) is 2.47. The summed E-state index contributed by atoms with van der Waals surface area (Å²) in [5.74, 6) is -1.13. The highest BCUT2D eigenvalue weighted by atomic mass is 19.4. The molecule has 0 spiro atoms. The van der Waals surface area contributed by atoms with Gasteiger partial charge in [0.25, 0.3) is 0 Å². The topological polar surface area (TPSA) is 41.1 Å². The van der Waals surface area contributed by atoms with E-state index in [1.165, 1.54) is 36.4 Å². The van der Waals surface area contributed by atoms with Crippen molar-refractivity contribution in [3.8, 4) is 0 Å². The van der Waals surface area contributed by atoms with Crippen LogP contribution in [0.25, 0.3) is 0 Å². The van der Waals surface area contributed by atoms with E-state index >= 15 is 0 Å². The van der Waals surface area contributed by atoms with E-state index in [-0.39, 0.29) is 12.2 Å². The van der Waals surface area contributed by atoms with Crippen molar-refractivity contribution < 1.29 is 22.4 Å². The molecule has 0 saturated carbocycles. The van der Waals surface area contributed by atoms with Gasteiger partial charge < -0.3 is 10.6 Å². The number of hydrogen-bond donors (Lipinski definition) is 2. The molecule has 0 aliphatic rings. The summed E-state index contributed by atoms with van der Waals surface area (Å²) in [6, 6.07) is 8.73. The number of rotatable bonds is 4. The molecule has 23 heavy (non-hydrogen) atoms. The van der Waals surface area contributed by atoms with Gasteiger partial charge in [-0.05, 0) is 36.8 Å². The highest BCUT2D eigenvalue weighted by Crippen LogP contribution is 2.34. The van der Waals surface area contributed by atoms with Crippen molar-refractivity contribution in [2.75, 3.05) is 17.2 Å². The smallest absolute Gasteiger partial charge is 0.376 e. The van der Waals surface area contributed by atoms with Gasteiger partial charge in [0.15, 0.2) is 0 Å². The minimum Gasteiger partial charge on any atom is -0.376 e. The van der Waals surface area contributed by atoms with Crippen LogP contribution in [-0.4, -0.2) is 12.5 Å². The first-order valence-electron chi connectivity index (χ1n) is 6.73. The number of carbonyl (C=O) groups excluding carboxylic acids is 1. The van der Waals surface area contributed by atoms with Crippen LogP contribution in [0.3, 0.4) is 0 Å². The molecule has 2 aromatic rings. The molecule has 0 bridgehead atoms. The Morgan fingerprint density at radius 2 is 1.78 bits per heavy atom. The Morgan fingerprint density at radius 1 is 1.09 bits per heavy atom. The van der Waals surface area contributed by atoms with Gasteiger partial charge in [0, 0.05) is 5.69 Å². The molecule has 0 aliphatic heterocycles. The summed E-state index contributed by atoms with van der Waals surface area (Å²) in [5, 5.41) is 4.90. The van der Waals surface area contributed by atoms with Gasteiger partial charge >= 0.3 is 6.18 Å². The van der Waals surface area contributed by atoms with Crippen molar-refractivity contribution in [3.05, 3.63) is 59.4 Å². The molecule has 0 aromatic heterocycles. The van der Waals surface area contributed by atoms with Crippen LogP contribution in [0.15, 0.2) is 42.5 Å². The van der Waals surface area contributed by atoms with Crippen LogP contribution in [-0.2, 0) is 11.0 Å². The Labute approximate surface area is 130 Å². The number of anilines is 2. The Hall–Kier alpha value is -2.57. The molecular formula is C16H14F4N2O. The SMILES string of the molecule is Cc1ccc(F)cc1NCC(=O)Nc1ccccc1C(F)(F)F. The molecule has 0 atom stereocenters. The molecule has 0 heterocycles. The number of benzene rings is 2. The third-order valence-electron chi connectivity index (χ3n) is 3.15. The maximum Gasteiger partial charge on any atom is 0.418 e. The van der Waals surface area contributed by atoms with Crippen LogP contribution in [0.2, 0.25) is 0 Å². The summed E-state index contributed by atoms with van der Waals surface area (Å²) < 4.78 is 51.7. The van der Waals surface area contributed by atoms with Gasteiger partial charge in [0.2, 0.25) is 5.91 Å². The highest BCUT2D eigenvalue weighted by molar-refractivity contribution is 5.94. The van der Waals surface area contributed by atoms with Gasteiger partial charge in [-0.2, -0.15) is 13.2 Å². The lowest BCUT2D eigenvalue weighted by molar-refractivity contribution is -0.137. The fourth-order valence-electron chi connectivity index (χ4n) is 1.99. The van der Waals surface area contributed by atoms with Crippen LogP contribution in [0.4, 0.5) is 28.9 Å². The second kappa shape index (κ2) is 6.68. The molecule has 0 aliphatic carbocycles. The van der Waals surface area contributed by atoms with E-state index in [1.807, 2.05) is 0 Å². The van der Waals surface area contributed by atoms with Gasteiger partial charge in [-0.1, -0.05) is 18.2 Å². The number of aryl methyl sites for hydroxylation is 1. The summed E-state index contributed by atoms with van der Waals surface area (Å²) in [5.41, 5.74) is -0.114. The highest BCUT2D eigenvalue weighted by Gasteiger charge is 2.33. The number of halogens is 4. The monoisotopic (exact) mass is 326 g/mol. The third-order valence-corrected chi connectivity index (χ3v) is 3.15. The van der Waals surface area contributed by atoms with E-state index in [4.69, 9.17) is 0 Å². The number of nitrogens with one attached hydrogen (secondary N) is 2. The maximum absolute atomic E-state index is 13.1. The fraction of sp³-hybridized carbons (Fsp3) is 0.188. The summed E-state index contributed by atoms with van der Waals surface area (Å²) in [6.45, 7) is 1.44. The Bertz CT molecular complexity index is 713. The zero-order valence-corrected chi connectivity index (χ0v) is 12.2. The number of alkyl halides is 3. The first kappa shape index (κ1) is 16.8. The van der Waals surface area contributed by atoms with E-state index in [0.29, 0.717) is 5.69 Å². The number of amides is 1. The average molecular weight is 326 g/mol.